The number of halogens is 3. The van der Waals surface area contributed by atoms with Gasteiger partial charge < -0.3 is 5.32 Å². The number of amides is 1. The number of nitrogens with one attached hydrogen (secondary N) is 1. The average Bonchev–Trinajstić information content (AvgIpc) is 2.54. The minimum atomic E-state index is -4.22. The van der Waals surface area contributed by atoms with Gasteiger partial charge in [0.15, 0.2) is 0 Å². The molecule has 1 aliphatic rings. The summed E-state index contributed by atoms with van der Waals surface area (Å²) >= 11 is 0. The molecule has 4 nitrogen and oxygen atoms in total. The molecule has 2 atom stereocenters. The molecule has 23 heavy (non-hydrogen) atoms. The molecule has 1 heterocycles. The Labute approximate surface area is 132 Å². The predicted molar refractivity (Wildman–Crippen MR) is 79.6 cm³/mol. The number of likely N-dealkylation sites (tertiary alicyclic amines) is 1. The molecular formula is C16H18F3N3O. The Morgan fingerprint density at radius 1 is 1.39 bits per heavy atom. The van der Waals surface area contributed by atoms with Crippen molar-refractivity contribution >= 4 is 11.6 Å². The molecular weight excluding hydrogens is 307 g/mol. The van der Waals surface area contributed by atoms with Crippen LogP contribution in [0.1, 0.15) is 25.3 Å². The standard InChI is InChI=1S/C16H18F3N3O/c1-11(22-8-2-3-13(10-22)16(17,18)19)15(23)21-14-6-4-12(9-20)5-7-14/h4-7,11,13H,2-3,8,10H2,1H3,(H,21,23). The van der Waals surface area contributed by atoms with Gasteiger partial charge in [-0.2, -0.15) is 18.4 Å². The summed E-state index contributed by atoms with van der Waals surface area (Å²) in [5.41, 5.74) is 0.991. The van der Waals surface area contributed by atoms with E-state index in [0.717, 1.165) is 0 Å². The molecule has 1 amide bonds. The molecule has 0 aromatic heterocycles. The summed E-state index contributed by atoms with van der Waals surface area (Å²) in [4.78, 5) is 13.8. The van der Waals surface area contributed by atoms with E-state index >= 15 is 0 Å². The lowest BCUT2D eigenvalue weighted by molar-refractivity contribution is -0.188. The van der Waals surface area contributed by atoms with Gasteiger partial charge >= 0.3 is 6.18 Å². The van der Waals surface area contributed by atoms with E-state index < -0.39 is 18.1 Å². The highest BCUT2D eigenvalue weighted by molar-refractivity contribution is 5.94. The molecule has 7 heteroatoms. The van der Waals surface area contributed by atoms with Crippen molar-refractivity contribution < 1.29 is 18.0 Å². The first kappa shape index (κ1) is 17.3. The Hall–Kier alpha value is -2.07. The molecule has 1 aromatic rings. The third kappa shape index (κ3) is 4.45. The van der Waals surface area contributed by atoms with Gasteiger partial charge in [0.25, 0.3) is 0 Å². The maximum atomic E-state index is 12.8. The Morgan fingerprint density at radius 2 is 2.04 bits per heavy atom. The number of rotatable bonds is 3. The van der Waals surface area contributed by atoms with Crippen LogP contribution in [0.25, 0.3) is 0 Å². The van der Waals surface area contributed by atoms with Gasteiger partial charge in [0, 0.05) is 12.2 Å². The first-order chi connectivity index (χ1) is 10.8. The summed E-state index contributed by atoms with van der Waals surface area (Å²) in [6.45, 7) is 1.94. The molecule has 2 rings (SSSR count). The van der Waals surface area contributed by atoms with E-state index in [-0.39, 0.29) is 18.9 Å². The highest BCUT2D eigenvalue weighted by atomic mass is 19.4. The Bertz CT molecular complexity index is 592. The number of anilines is 1. The normalized spacial score (nSPS) is 20.6. The van der Waals surface area contributed by atoms with Crippen molar-refractivity contribution in [3.05, 3.63) is 29.8 Å². The zero-order chi connectivity index (χ0) is 17.0. The smallest absolute Gasteiger partial charge is 0.325 e. The van der Waals surface area contributed by atoms with E-state index in [0.29, 0.717) is 24.2 Å². The minimum absolute atomic E-state index is 0.115. The van der Waals surface area contributed by atoms with Crippen LogP contribution in [-0.2, 0) is 4.79 Å². The Kier molecular flexibility index (Phi) is 5.26. The third-order valence-corrected chi connectivity index (χ3v) is 4.12. The lowest BCUT2D eigenvalue weighted by Gasteiger charge is -2.36. The number of carbonyl (C=O) groups is 1. The van der Waals surface area contributed by atoms with Crippen LogP contribution in [0.2, 0.25) is 0 Å². The third-order valence-electron chi connectivity index (χ3n) is 4.12. The molecule has 0 aliphatic carbocycles. The molecule has 1 aromatic carbocycles. The van der Waals surface area contributed by atoms with Gasteiger partial charge in [-0.05, 0) is 50.6 Å². The molecule has 1 aliphatic heterocycles. The van der Waals surface area contributed by atoms with Crippen molar-refractivity contribution in [1.29, 1.82) is 5.26 Å². The van der Waals surface area contributed by atoms with Crippen molar-refractivity contribution in [2.75, 3.05) is 18.4 Å². The molecule has 0 radical (unpaired) electrons. The van der Waals surface area contributed by atoms with Gasteiger partial charge in [0.1, 0.15) is 0 Å². The summed E-state index contributed by atoms with van der Waals surface area (Å²) in [5, 5.41) is 11.4. The van der Waals surface area contributed by atoms with Gasteiger partial charge in [-0.1, -0.05) is 0 Å². The monoisotopic (exact) mass is 325 g/mol. The van der Waals surface area contributed by atoms with Crippen LogP contribution in [-0.4, -0.2) is 36.1 Å². The molecule has 0 spiro atoms. The second kappa shape index (κ2) is 7.01. The van der Waals surface area contributed by atoms with Crippen molar-refractivity contribution in [2.24, 2.45) is 5.92 Å². The highest BCUT2D eigenvalue weighted by Crippen LogP contribution is 2.33. The summed E-state index contributed by atoms with van der Waals surface area (Å²) in [5.74, 6) is -1.72. The molecule has 1 N–H and O–H groups in total. The highest BCUT2D eigenvalue weighted by Gasteiger charge is 2.43. The average molecular weight is 325 g/mol. The van der Waals surface area contributed by atoms with Crippen LogP contribution in [0, 0.1) is 17.2 Å². The summed E-state index contributed by atoms with van der Waals surface area (Å²) < 4.78 is 38.5. The fourth-order valence-corrected chi connectivity index (χ4v) is 2.67. The number of hydrogen-bond donors (Lipinski definition) is 1. The quantitative estimate of drug-likeness (QED) is 0.929. The first-order valence-corrected chi connectivity index (χ1v) is 7.43. The van der Waals surface area contributed by atoms with E-state index in [4.69, 9.17) is 5.26 Å². The predicted octanol–water partition coefficient (Wildman–Crippen LogP) is 3.16. The lowest BCUT2D eigenvalue weighted by atomic mass is 9.96. The maximum absolute atomic E-state index is 12.8. The van der Waals surface area contributed by atoms with Crippen molar-refractivity contribution in [3.63, 3.8) is 0 Å². The second-order valence-electron chi connectivity index (χ2n) is 5.73. The van der Waals surface area contributed by atoms with E-state index in [9.17, 15) is 18.0 Å². The maximum Gasteiger partial charge on any atom is 0.393 e. The second-order valence-corrected chi connectivity index (χ2v) is 5.73. The fourth-order valence-electron chi connectivity index (χ4n) is 2.67. The van der Waals surface area contributed by atoms with Crippen LogP contribution >= 0.6 is 0 Å². The fraction of sp³-hybridized carbons (Fsp3) is 0.500. The number of nitriles is 1. The molecule has 0 bridgehead atoms. The Balaban J connectivity index is 1.97. The number of benzene rings is 1. The van der Waals surface area contributed by atoms with Crippen molar-refractivity contribution in [1.82, 2.24) is 4.90 Å². The minimum Gasteiger partial charge on any atom is -0.325 e. The van der Waals surface area contributed by atoms with Gasteiger partial charge in [0.05, 0.1) is 23.6 Å². The number of carbonyl (C=O) groups excluding carboxylic acids is 1. The SMILES string of the molecule is CC(C(=O)Nc1ccc(C#N)cc1)N1CCCC(C(F)(F)F)C1. The van der Waals surface area contributed by atoms with Gasteiger partial charge in [-0.3, -0.25) is 9.69 Å². The van der Waals surface area contributed by atoms with E-state index in [1.165, 1.54) is 0 Å². The topological polar surface area (TPSA) is 56.1 Å². The lowest BCUT2D eigenvalue weighted by Crippen LogP contribution is -2.49. The van der Waals surface area contributed by atoms with Gasteiger partial charge in [-0.25, -0.2) is 0 Å². The van der Waals surface area contributed by atoms with Crippen LogP contribution in [0.3, 0.4) is 0 Å². The number of nitrogens with zero attached hydrogens (tertiary/aromatic N) is 2. The van der Waals surface area contributed by atoms with Crippen LogP contribution in [0.15, 0.2) is 24.3 Å². The number of hydrogen-bond acceptors (Lipinski definition) is 3. The van der Waals surface area contributed by atoms with Crippen LogP contribution in [0.4, 0.5) is 18.9 Å². The largest absolute Gasteiger partial charge is 0.393 e. The van der Waals surface area contributed by atoms with Gasteiger partial charge in [-0.15, -0.1) is 0 Å². The molecule has 1 fully saturated rings. The van der Waals surface area contributed by atoms with Crippen molar-refractivity contribution in [2.45, 2.75) is 32.0 Å². The van der Waals surface area contributed by atoms with Crippen LogP contribution < -0.4 is 5.32 Å². The zero-order valence-corrected chi connectivity index (χ0v) is 12.7. The molecule has 1 saturated heterocycles. The first-order valence-electron chi connectivity index (χ1n) is 7.43. The summed E-state index contributed by atoms with van der Waals surface area (Å²) in [7, 11) is 0. The number of piperidine rings is 1. The van der Waals surface area contributed by atoms with Gasteiger partial charge in [0.2, 0.25) is 5.91 Å². The van der Waals surface area contributed by atoms with Crippen molar-refractivity contribution in [3.8, 4) is 6.07 Å². The van der Waals surface area contributed by atoms with E-state index in [1.807, 2.05) is 6.07 Å². The molecule has 2 unspecified atom stereocenters. The Morgan fingerprint density at radius 3 is 2.61 bits per heavy atom. The molecule has 124 valence electrons. The van der Waals surface area contributed by atoms with E-state index in [1.54, 1.807) is 36.1 Å². The zero-order valence-electron chi connectivity index (χ0n) is 12.7. The number of alkyl halides is 3. The van der Waals surface area contributed by atoms with Crippen LogP contribution in [0.5, 0.6) is 0 Å². The summed E-state index contributed by atoms with van der Waals surface area (Å²) in [6.07, 6.45) is -3.68. The summed E-state index contributed by atoms with van der Waals surface area (Å²) in [6, 6.07) is 7.66. The molecule has 0 saturated carbocycles. The van der Waals surface area contributed by atoms with E-state index in [2.05, 4.69) is 5.32 Å².